The highest BCUT2D eigenvalue weighted by molar-refractivity contribution is 7.92. The van der Waals surface area contributed by atoms with E-state index in [1.54, 1.807) is 0 Å². The molecule has 20 heavy (non-hydrogen) atoms. The van der Waals surface area contributed by atoms with Crippen LogP contribution >= 0.6 is 0 Å². The lowest BCUT2D eigenvalue weighted by atomic mass is 10.1. The Morgan fingerprint density at radius 3 is 2.65 bits per heavy atom. The zero-order chi connectivity index (χ0) is 14.9. The third-order valence-electron chi connectivity index (χ3n) is 3.25. The maximum atomic E-state index is 13.6. The van der Waals surface area contributed by atoms with E-state index in [-0.39, 0.29) is 17.9 Å². The fraction of sp³-hybridized carbons (Fsp3) is 0.417. The molecule has 1 fully saturated rings. The zero-order valence-electron chi connectivity index (χ0n) is 10.5. The molecule has 2 rings (SSSR count). The van der Waals surface area contributed by atoms with Crippen molar-refractivity contribution in [2.45, 2.75) is 24.5 Å². The topological polar surface area (TPSA) is 89.3 Å². The smallest absolute Gasteiger partial charge is 0.242 e. The minimum Gasteiger partial charge on any atom is -0.397 e. The third kappa shape index (κ3) is 2.74. The second kappa shape index (κ2) is 5.35. The van der Waals surface area contributed by atoms with Gasteiger partial charge in [0.1, 0.15) is 10.9 Å². The first kappa shape index (κ1) is 14.7. The van der Waals surface area contributed by atoms with Crippen molar-refractivity contribution in [3.63, 3.8) is 0 Å². The van der Waals surface area contributed by atoms with Crippen LogP contribution in [0.25, 0.3) is 0 Å². The van der Waals surface area contributed by atoms with E-state index in [9.17, 15) is 22.0 Å². The molecule has 8 heteroatoms. The van der Waals surface area contributed by atoms with Crippen LogP contribution in [-0.4, -0.2) is 25.3 Å². The molecular formula is C12H14F2N2O3S. The van der Waals surface area contributed by atoms with Crippen LogP contribution in [0.4, 0.5) is 20.2 Å². The minimum absolute atomic E-state index is 0.0772. The summed E-state index contributed by atoms with van der Waals surface area (Å²) in [7, 11) is -3.55. The number of nitrogen functional groups attached to an aromatic ring is 1. The number of anilines is 2. The van der Waals surface area contributed by atoms with Gasteiger partial charge >= 0.3 is 0 Å². The van der Waals surface area contributed by atoms with Crippen LogP contribution in [0, 0.1) is 11.6 Å². The van der Waals surface area contributed by atoms with Gasteiger partial charge in [0, 0.05) is 0 Å². The average molecular weight is 304 g/mol. The highest BCUT2D eigenvalue weighted by Gasteiger charge is 2.35. The Bertz CT molecular complexity index is 646. The number of benzene rings is 1. The highest BCUT2D eigenvalue weighted by Crippen LogP contribution is 2.27. The van der Waals surface area contributed by atoms with E-state index >= 15 is 0 Å². The van der Waals surface area contributed by atoms with E-state index in [4.69, 9.17) is 5.73 Å². The highest BCUT2D eigenvalue weighted by atomic mass is 32.2. The summed E-state index contributed by atoms with van der Waals surface area (Å²) in [6.07, 6.45) is 1.27. The van der Waals surface area contributed by atoms with Gasteiger partial charge in [-0.25, -0.2) is 17.2 Å². The van der Waals surface area contributed by atoms with Crippen LogP contribution in [0.3, 0.4) is 0 Å². The van der Waals surface area contributed by atoms with E-state index in [2.05, 4.69) is 5.32 Å². The van der Waals surface area contributed by atoms with Gasteiger partial charge in [-0.15, -0.1) is 0 Å². The van der Waals surface area contributed by atoms with E-state index in [0.717, 1.165) is 12.1 Å². The monoisotopic (exact) mass is 304 g/mol. The lowest BCUT2D eigenvalue weighted by Gasteiger charge is -2.21. The van der Waals surface area contributed by atoms with Crippen molar-refractivity contribution in [1.29, 1.82) is 0 Å². The first-order chi connectivity index (χ1) is 9.33. The predicted octanol–water partition coefficient (Wildman–Crippen LogP) is 1.45. The van der Waals surface area contributed by atoms with Gasteiger partial charge in [0.2, 0.25) is 5.91 Å². The predicted molar refractivity (Wildman–Crippen MR) is 70.8 cm³/mol. The van der Waals surface area contributed by atoms with E-state index in [1.165, 1.54) is 0 Å². The first-order valence-corrected chi connectivity index (χ1v) is 7.80. The van der Waals surface area contributed by atoms with Crippen molar-refractivity contribution in [2.75, 3.05) is 16.8 Å². The average Bonchev–Trinajstić information content (AvgIpc) is 2.38. The largest absolute Gasteiger partial charge is 0.397 e. The number of carbonyl (C=O) groups excluding carboxylic acids is 1. The molecule has 1 heterocycles. The number of amides is 1. The zero-order valence-corrected chi connectivity index (χ0v) is 11.3. The standard InChI is InChI=1S/C12H14F2N2O3S/c13-7-4-5-8(15)11(10(7)14)16-12(17)9-3-1-2-6-20(9,18)19/h4-5,9H,1-3,6,15H2,(H,16,17). The van der Waals surface area contributed by atoms with Gasteiger partial charge in [0.05, 0.1) is 11.4 Å². The lowest BCUT2D eigenvalue weighted by molar-refractivity contribution is -0.116. The van der Waals surface area contributed by atoms with Crippen LogP contribution in [0.5, 0.6) is 0 Å². The SMILES string of the molecule is Nc1ccc(F)c(F)c1NC(=O)C1CCCCS1(=O)=O. The van der Waals surface area contributed by atoms with Crippen LogP contribution in [0.15, 0.2) is 12.1 Å². The minimum atomic E-state index is -3.55. The fourth-order valence-corrected chi connectivity index (χ4v) is 3.95. The molecule has 1 atom stereocenters. The van der Waals surface area contributed by atoms with Gasteiger partial charge in [0.25, 0.3) is 0 Å². The Hall–Kier alpha value is -1.70. The second-order valence-corrected chi connectivity index (χ2v) is 6.97. The second-order valence-electron chi connectivity index (χ2n) is 4.67. The molecule has 1 unspecified atom stereocenters. The molecular weight excluding hydrogens is 290 g/mol. The number of hydrogen-bond donors (Lipinski definition) is 2. The number of nitrogens with one attached hydrogen (secondary N) is 1. The number of sulfone groups is 1. The molecule has 0 bridgehead atoms. The molecule has 3 N–H and O–H groups in total. The lowest BCUT2D eigenvalue weighted by Crippen LogP contribution is -2.39. The molecule has 1 aliphatic heterocycles. The summed E-state index contributed by atoms with van der Waals surface area (Å²) in [5.74, 6) is -3.42. The molecule has 1 amide bonds. The Morgan fingerprint density at radius 2 is 2.00 bits per heavy atom. The van der Waals surface area contributed by atoms with E-state index < -0.39 is 38.3 Å². The molecule has 5 nitrogen and oxygen atoms in total. The fourth-order valence-electron chi connectivity index (χ4n) is 2.15. The van der Waals surface area contributed by atoms with Crippen molar-refractivity contribution in [3.05, 3.63) is 23.8 Å². The quantitative estimate of drug-likeness (QED) is 0.809. The Labute approximate surface area is 115 Å². The van der Waals surface area contributed by atoms with E-state index in [0.29, 0.717) is 12.8 Å². The molecule has 1 saturated heterocycles. The van der Waals surface area contributed by atoms with Crippen molar-refractivity contribution in [2.24, 2.45) is 0 Å². The summed E-state index contributed by atoms with van der Waals surface area (Å²) in [6, 6.07) is 1.93. The molecule has 0 radical (unpaired) electrons. The van der Waals surface area contributed by atoms with Gasteiger partial charge in [-0.1, -0.05) is 6.42 Å². The summed E-state index contributed by atoms with van der Waals surface area (Å²) in [6.45, 7) is 0. The van der Waals surface area contributed by atoms with Gasteiger partial charge in [-0.2, -0.15) is 0 Å². The molecule has 1 aromatic carbocycles. The molecule has 1 aromatic rings. The molecule has 0 saturated carbocycles. The molecule has 0 spiro atoms. The van der Waals surface area contributed by atoms with Gasteiger partial charge in [-0.3, -0.25) is 4.79 Å². The summed E-state index contributed by atoms with van der Waals surface area (Å²) in [5.41, 5.74) is 4.79. The van der Waals surface area contributed by atoms with Gasteiger partial charge in [-0.05, 0) is 25.0 Å². The maximum absolute atomic E-state index is 13.6. The summed E-state index contributed by atoms with van der Waals surface area (Å²) in [4.78, 5) is 12.0. The van der Waals surface area contributed by atoms with Crippen molar-refractivity contribution >= 4 is 27.1 Å². The molecule has 0 aliphatic carbocycles. The van der Waals surface area contributed by atoms with Crippen LogP contribution in [-0.2, 0) is 14.6 Å². The Kier molecular flexibility index (Phi) is 3.94. The number of halogens is 2. The summed E-state index contributed by atoms with van der Waals surface area (Å²) < 4.78 is 50.2. The van der Waals surface area contributed by atoms with Gasteiger partial charge < -0.3 is 11.1 Å². The number of carbonyl (C=O) groups is 1. The third-order valence-corrected chi connectivity index (χ3v) is 5.42. The van der Waals surface area contributed by atoms with Gasteiger partial charge in [0.15, 0.2) is 21.5 Å². The first-order valence-electron chi connectivity index (χ1n) is 6.09. The number of hydrogen-bond acceptors (Lipinski definition) is 4. The normalized spacial score (nSPS) is 21.4. The van der Waals surface area contributed by atoms with Crippen LogP contribution < -0.4 is 11.1 Å². The summed E-state index contributed by atoms with van der Waals surface area (Å²) in [5, 5.41) is 0.849. The van der Waals surface area contributed by atoms with Crippen LogP contribution in [0.2, 0.25) is 0 Å². The molecule has 1 aliphatic rings. The maximum Gasteiger partial charge on any atom is 0.242 e. The Balaban J connectivity index is 2.26. The Morgan fingerprint density at radius 1 is 1.30 bits per heavy atom. The summed E-state index contributed by atoms with van der Waals surface area (Å²) >= 11 is 0. The molecule has 0 aromatic heterocycles. The number of nitrogens with two attached hydrogens (primary N) is 1. The van der Waals surface area contributed by atoms with Crippen molar-refractivity contribution < 1.29 is 22.0 Å². The van der Waals surface area contributed by atoms with E-state index in [1.807, 2.05) is 0 Å². The van der Waals surface area contributed by atoms with Crippen molar-refractivity contribution in [1.82, 2.24) is 0 Å². The van der Waals surface area contributed by atoms with Crippen LogP contribution in [0.1, 0.15) is 19.3 Å². The molecule has 110 valence electrons. The van der Waals surface area contributed by atoms with Crippen molar-refractivity contribution in [3.8, 4) is 0 Å². The number of rotatable bonds is 2.